The monoisotopic (exact) mass is 950 g/mol. The van der Waals surface area contributed by atoms with Crippen molar-refractivity contribution in [2.24, 2.45) is 0 Å². The number of fused-ring (bicyclic) bond motifs is 2. The van der Waals surface area contributed by atoms with Crippen molar-refractivity contribution in [3.8, 4) is 11.1 Å². The van der Waals surface area contributed by atoms with Crippen molar-refractivity contribution in [2.45, 2.75) is 13.8 Å². The largest absolute Gasteiger partial charge is 0.310 e. The van der Waals surface area contributed by atoms with E-state index in [1.165, 1.54) is 11.1 Å². The molecule has 0 aliphatic carbocycles. The zero-order valence-corrected chi connectivity index (χ0v) is 41.5. The molecule has 0 atom stereocenters. The Bertz CT molecular complexity index is 3570. The number of hydrogen-bond acceptors (Lipinski definition) is 4. The smallest absolute Gasteiger partial charge is 0.0541 e. The molecule has 0 radical (unpaired) electrons. The van der Waals surface area contributed by atoms with Crippen LogP contribution in [0.5, 0.6) is 0 Å². The zero-order chi connectivity index (χ0) is 49.8. The fourth-order valence-electron chi connectivity index (χ4n) is 10.3. The summed E-state index contributed by atoms with van der Waals surface area (Å²) in [5.74, 6) is 0. The van der Waals surface area contributed by atoms with Gasteiger partial charge in [0.1, 0.15) is 0 Å². The normalized spacial score (nSPS) is 11.1. The molecule has 4 heteroatoms. The van der Waals surface area contributed by atoms with E-state index in [2.05, 4.69) is 325 Å². The minimum absolute atomic E-state index is 1.08. The van der Waals surface area contributed by atoms with Gasteiger partial charge < -0.3 is 19.6 Å². The van der Waals surface area contributed by atoms with E-state index in [-0.39, 0.29) is 0 Å². The highest BCUT2D eigenvalue weighted by Crippen LogP contribution is 2.48. The molecule has 12 rings (SSSR count). The van der Waals surface area contributed by atoms with E-state index in [9.17, 15) is 0 Å². The molecular formula is C70H54N4. The number of anilines is 12. The van der Waals surface area contributed by atoms with Crippen molar-refractivity contribution in [3.63, 3.8) is 0 Å². The molecule has 4 nitrogen and oxygen atoms in total. The zero-order valence-electron chi connectivity index (χ0n) is 41.5. The third-order valence-corrected chi connectivity index (χ3v) is 13.9. The number of rotatable bonds is 13. The molecule has 0 aromatic heterocycles. The molecule has 0 aliphatic rings. The maximum absolute atomic E-state index is 2.38. The minimum Gasteiger partial charge on any atom is -0.310 e. The predicted molar refractivity (Wildman–Crippen MR) is 315 cm³/mol. The third kappa shape index (κ3) is 8.91. The number of benzene rings is 12. The molecule has 0 aliphatic heterocycles. The van der Waals surface area contributed by atoms with Gasteiger partial charge in [-0.2, -0.15) is 0 Å². The molecule has 0 spiro atoms. The van der Waals surface area contributed by atoms with Gasteiger partial charge in [-0.25, -0.2) is 0 Å². The highest BCUT2D eigenvalue weighted by atomic mass is 15.2. The van der Waals surface area contributed by atoms with Gasteiger partial charge in [0.2, 0.25) is 0 Å². The quantitative estimate of drug-likeness (QED) is 0.114. The Labute approximate surface area is 434 Å². The summed E-state index contributed by atoms with van der Waals surface area (Å²) in [5.41, 5.74) is 18.0. The molecule has 12 aromatic rings. The fraction of sp³-hybridized carbons (Fsp3) is 0.0286. The molecule has 0 heterocycles. The van der Waals surface area contributed by atoms with Gasteiger partial charge in [-0.1, -0.05) is 181 Å². The van der Waals surface area contributed by atoms with Crippen LogP contribution in [0.4, 0.5) is 68.2 Å². The number of hydrogen-bond donors (Lipinski definition) is 0. The molecule has 354 valence electrons. The first-order chi connectivity index (χ1) is 36.6. The first kappa shape index (κ1) is 45.5. The topological polar surface area (TPSA) is 13.0 Å². The molecule has 74 heavy (non-hydrogen) atoms. The van der Waals surface area contributed by atoms with Crippen LogP contribution in [0.2, 0.25) is 0 Å². The van der Waals surface area contributed by atoms with Gasteiger partial charge in [0.25, 0.3) is 0 Å². The Morgan fingerprint density at radius 1 is 0.176 bits per heavy atom. The third-order valence-electron chi connectivity index (χ3n) is 13.9. The maximum Gasteiger partial charge on any atom is 0.0541 e. The number of nitrogens with zero attached hydrogens (tertiary/aromatic N) is 4. The summed E-state index contributed by atoms with van der Waals surface area (Å²) in [6, 6.07) is 105. The van der Waals surface area contributed by atoms with Crippen LogP contribution in [-0.4, -0.2) is 0 Å². The van der Waals surface area contributed by atoms with Crippen molar-refractivity contribution in [3.05, 3.63) is 302 Å². The van der Waals surface area contributed by atoms with Gasteiger partial charge in [-0.3, -0.25) is 0 Å². The van der Waals surface area contributed by atoms with Crippen LogP contribution in [0.1, 0.15) is 11.1 Å². The lowest BCUT2D eigenvalue weighted by atomic mass is 10.0. The summed E-state index contributed by atoms with van der Waals surface area (Å²) in [6.07, 6.45) is 0. The van der Waals surface area contributed by atoms with Crippen LogP contribution in [0, 0.1) is 13.8 Å². The molecule has 0 fully saturated rings. The Balaban J connectivity index is 0.905. The summed E-state index contributed by atoms with van der Waals surface area (Å²) in [4.78, 5) is 9.49. The summed E-state index contributed by atoms with van der Waals surface area (Å²) < 4.78 is 0. The molecule has 0 amide bonds. The van der Waals surface area contributed by atoms with E-state index < -0.39 is 0 Å². The van der Waals surface area contributed by atoms with Crippen LogP contribution in [0.25, 0.3) is 32.7 Å². The van der Waals surface area contributed by atoms with Crippen LogP contribution >= 0.6 is 0 Å². The van der Waals surface area contributed by atoms with Gasteiger partial charge in [-0.05, 0) is 146 Å². The molecule has 0 saturated heterocycles. The molecule has 0 saturated carbocycles. The highest BCUT2D eigenvalue weighted by Gasteiger charge is 2.23. The van der Waals surface area contributed by atoms with E-state index in [1.807, 2.05) is 0 Å². The summed E-state index contributed by atoms with van der Waals surface area (Å²) in [7, 11) is 0. The van der Waals surface area contributed by atoms with Crippen LogP contribution < -0.4 is 19.6 Å². The van der Waals surface area contributed by atoms with Crippen molar-refractivity contribution < 1.29 is 0 Å². The first-order valence-electron chi connectivity index (χ1n) is 25.3. The van der Waals surface area contributed by atoms with Crippen molar-refractivity contribution >= 4 is 89.8 Å². The molecule has 0 N–H and O–H groups in total. The lowest BCUT2D eigenvalue weighted by Crippen LogP contribution is -2.13. The highest BCUT2D eigenvalue weighted by molar-refractivity contribution is 6.09. The van der Waals surface area contributed by atoms with E-state index in [4.69, 9.17) is 0 Å². The van der Waals surface area contributed by atoms with Gasteiger partial charge in [0.05, 0.1) is 22.7 Å². The summed E-state index contributed by atoms with van der Waals surface area (Å²) >= 11 is 0. The van der Waals surface area contributed by atoms with Crippen LogP contribution in [0.15, 0.2) is 291 Å². The summed E-state index contributed by atoms with van der Waals surface area (Å²) in [5, 5.41) is 4.65. The van der Waals surface area contributed by atoms with E-state index in [0.29, 0.717) is 0 Å². The van der Waals surface area contributed by atoms with E-state index >= 15 is 0 Å². The Kier molecular flexibility index (Phi) is 12.4. The first-order valence-corrected chi connectivity index (χ1v) is 25.3. The Hall–Kier alpha value is -9.64. The maximum atomic E-state index is 2.38. The molecule has 12 aromatic carbocycles. The SMILES string of the molecule is Cc1ccc(N(c2ccccc2)c2ccc(N(c3ccccc3)c3ccc(-c4ccc(N(c5ccccc5)c5ccc(N(c6ccccc6)c6ccc(C)cc6)c6ccccc56)cc4)cc3)c3ccccc23)cc1. The van der Waals surface area contributed by atoms with Crippen LogP contribution in [-0.2, 0) is 0 Å². The van der Waals surface area contributed by atoms with Crippen molar-refractivity contribution in [2.75, 3.05) is 19.6 Å². The van der Waals surface area contributed by atoms with Crippen LogP contribution in [0.3, 0.4) is 0 Å². The minimum atomic E-state index is 1.08. The number of aryl methyl sites for hydroxylation is 2. The van der Waals surface area contributed by atoms with Crippen molar-refractivity contribution in [1.29, 1.82) is 0 Å². The van der Waals surface area contributed by atoms with E-state index in [0.717, 1.165) is 101 Å². The standard InChI is InChI=1S/C70H54N4/c1-51-31-39-59(40-32-51)71(55-19-7-3-8-20-55)67-47-49-69(65-29-17-15-27-63(65)67)73(57-23-11-5-12-24-57)61-43-35-53(36-44-61)54-37-45-62(46-38-54)74(58-25-13-6-14-26-58)70-50-48-68(64-28-16-18-30-66(64)70)72(56-21-9-4-10-22-56)60-41-33-52(2)34-42-60/h3-50H,1-2H3. The molecule has 0 bridgehead atoms. The second-order valence-corrected chi connectivity index (χ2v) is 18.7. The second-order valence-electron chi connectivity index (χ2n) is 18.7. The van der Waals surface area contributed by atoms with Gasteiger partial charge >= 0.3 is 0 Å². The Morgan fingerprint density at radius 3 is 0.595 bits per heavy atom. The van der Waals surface area contributed by atoms with Crippen molar-refractivity contribution in [1.82, 2.24) is 0 Å². The fourth-order valence-corrected chi connectivity index (χ4v) is 10.3. The molecular weight excluding hydrogens is 897 g/mol. The average Bonchev–Trinajstić information content (AvgIpc) is 3.47. The number of para-hydroxylation sites is 4. The average molecular weight is 951 g/mol. The lowest BCUT2D eigenvalue weighted by Gasteiger charge is -2.31. The van der Waals surface area contributed by atoms with Gasteiger partial charge in [-0.15, -0.1) is 0 Å². The summed E-state index contributed by atoms with van der Waals surface area (Å²) in [6.45, 7) is 4.27. The Morgan fingerprint density at radius 2 is 0.365 bits per heavy atom. The van der Waals surface area contributed by atoms with E-state index in [1.54, 1.807) is 0 Å². The lowest BCUT2D eigenvalue weighted by molar-refractivity contribution is 1.27. The van der Waals surface area contributed by atoms with Gasteiger partial charge in [0.15, 0.2) is 0 Å². The van der Waals surface area contributed by atoms with Gasteiger partial charge in [0, 0.05) is 67.0 Å². The predicted octanol–water partition coefficient (Wildman–Crippen LogP) is 20.2. The second kappa shape index (κ2) is 20.2. The molecule has 0 unspecified atom stereocenters.